The van der Waals surface area contributed by atoms with Crippen molar-refractivity contribution in [2.45, 2.75) is 58.9 Å². The largest absolute Gasteiger partial charge is 0.383 e. The summed E-state index contributed by atoms with van der Waals surface area (Å²) in [7, 11) is 0. The first-order chi connectivity index (χ1) is 15.9. The number of para-hydroxylation sites is 1. The zero-order valence-corrected chi connectivity index (χ0v) is 19.0. The number of hydrogen-bond donors (Lipinski definition) is 2. The van der Waals surface area contributed by atoms with Gasteiger partial charge in [-0.25, -0.2) is 9.80 Å². The number of anilines is 3. The molecule has 0 fully saturated rings. The molecule has 1 aliphatic rings. The summed E-state index contributed by atoms with van der Waals surface area (Å²) >= 11 is 0. The van der Waals surface area contributed by atoms with E-state index in [-0.39, 0.29) is 42.5 Å². The molecule has 0 unspecified atom stereocenters. The van der Waals surface area contributed by atoms with Gasteiger partial charge in [-0.15, -0.1) is 0 Å². The normalized spacial score (nSPS) is 13.7. The Labute approximate surface area is 191 Å². The Kier molecular flexibility index (Phi) is 7.81. The van der Waals surface area contributed by atoms with Crippen LogP contribution in [0.2, 0.25) is 0 Å². The zero-order chi connectivity index (χ0) is 24.0. The molecule has 2 amide bonds. The van der Waals surface area contributed by atoms with Gasteiger partial charge in [-0.3, -0.25) is 28.8 Å². The van der Waals surface area contributed by atoms with Crippen molar-refractivity contribution in [1.82, 2.24) is 9.55 Å². The molecule has 10 nitrogen and oxygen atoms in total. The molecular formula is C23H30N6O4. The molecule has 0 radical (unpaired) electrons. The first-order valence-electron chi connectivity index (χ1n) is 11.3. The maximum atomic E-state index is 13.6. The van der Waals surface area contributed by atoms with E-state index in [0.29, 0.717) is 25.1 Å². The molecule has 0 spiro atoms. The molecule has 0 saturated carbocycles. The van der Waals surface area contributed by atoms with Crippen molar-refractivity contribution in [1.29, 1.82) is 0 Å². The molecule has 10 heteroatoms. The van der Waals surface area contributed by atoms with E-state index in [1.165, 1.54) is 14.5 Å². The lowest BCUT2D eigenvalue weighted by Crippen LogP contribution is -2.46. The summed E-state index contributed by atoms with van der Waals surface area (Å²) in [6, 6.07) is 8.85. The standard InChI is InChI=1S/C23H30N6O4/c1-3-5-14-27(19-20(24)28(15-6-4-2)23(33)25-21(19)31)22(32)17-12-13-18(30)29(26-17)16-10-8-7-9-11-16/h7-11H,3-6,12-15,24H2,1-2H3,(H,25,31,33). The number of amides is 2. The minimum absolute atomic E-state index is 0.0472. The lowest BCUT2D eigenvalue weighted by Gasteiger charge is -2.28. The Balaban J connectivity index is 2.05. The molecule has 3 N–H and O–H groups in total. The lowest BCUT2D eigenvalue weighted by atomic mass is 10.1. The van der Waals surface area contributed by atoms with E-state index in [1.54, 1.807) is 24.3 Å². The maximum absolute atomic E-state index is 13.6. The number of hydrazone groups is 1. The Bertz CT molecular complexity index is 1150. The number of carbonyl (C=O) groups excluding carboxylic acids is 2. The van der Waals surface area contributed by atoms with Crippen molar-refractivity contribution in [2.24, 2.45) is 5.10 Å². The van der Waals surface area contributed by atoms with Crippen LogP contribution in [0, 0.1) is 0 Å². The SMILES string of the molecule is CCCCN(C(=O)C1=NN(c2ccccc2)C(=O)CC1)c1c(N)n(CCCC)c(=O)[nH]c1=O. The Morgan fingerprint density at radius 2 is 1.79 bits per heavy atom. The second kappa shape index (κ2) is 10.8. The highest BCUT2D eigenvalue weighted by Crippen LogP contribution is 2.23. The van der Waals surface area contributed by atoms with Gasteiger partial charge in [-0.05, 0) is 25.0 Å². The Morgan fingerprint density at radius 1 is 1.09 bits per heavy atom. The first-order valence-corrected chi connectivity index (χ1v) is 11.3. The van der Waals surface area contributed by atoms with Crippen molar-refractivity contribution in [2.75, 3.05) is 22.2 Å². The molecule has 176 valence electrons. The average molecular weight is 455 g/mol. The average Bonchev–Trinajstić information content (AvgIpc) is 2.81. The summed E-state index contributed by atoms with van der Waals surface area (Å²) in [5, 5.41) is 5.54. The third-order valence-electron chi connectivity index (χ3n) is 5.48. The van der Waals surface area contributed by atoms with Crippen LogP contribution >= 0.6 is 0 Å². The fourth-order valence-corrected chi connectivity index (χ4v) is 3.64. The number of unbranched alkanes of at least 4 members (excludes halogenated alkanes) is 2. The topological polar surface area (TPSA) is 134 Å². The number of carbonyl (C=O) groups is 2. The van der Waals surface area contributed by atoms with Crippen molar-refractivity contribution >= 4 is 34.7 Å². The van der Waals surface area contributed by atoms with Gasteiger partial charge in [0.25, 0.3) is 11.5 Å². The second-order valence-corrected chi connectivity index (χ2v) is 7.90. The van der Waals surface area contributed by atoms with Crippen molar-refractivity contribution in [3.8, 4) is 0 Å². The predicted molar refractivity (Wildman–Crippen MR) is 129 cm³/mol. The molecular weight excluding hydrogens is 424 g/mol. The van der Waals surface area contributed by atoms with Crippen LogP contribution in [0.15, 0.2) is 45.0 Å². The van der Waals surface area contributed by atoms with Crippen LogP contribution < -0.4 is 26.9 Å². The molecule has 0 saturated heterocycles. The second-order valence-electron chi connectivity index (χ2n) is 7.90. The predicted octanol–water partition coefficient (Wildman–Crippen LogP) is 2.24. The molecule has 2 aromatic rings. The van der Waals surface area contributed by atoms with Gasteiger partial charge in [0.2, 0.25) is 5.91 Å². The number of nitrogens with one attached hydrogen (secondary N) is 1. The molecule has 0 aliphatic carbocycles. The van der Waals surface area contributed by atoms with E-state index >= 15 is 0 Å². The lowest BCUT2D eigenvalue weighted by molar-refractivity contribution is -0.118. The summed E-state index contributed by atoms with van der Waals surface area (Å²) in [5.74, 6) is -0.771. The fourth-order valence-electron chi connectivity index (χ4n) is 3.64. The Morgan fingerprint density at radius 3 is 2.45 bits per heavy atom. The molecule has 0 atom stereocenters. The summed E-state index contributed by atoms with van der Waals surface area (Å²) in [4.78, 5) is 54.7. The summed E-state index contributed by atoms with van der Waals surface area (Å²) in [6.07, 6.45) is 3.18. The van der Waals surface area contributed by atoms with Crippen LogP contribution in [0.25, 0.3) is 0 Å². The van der Waals surface area contributed by atoms with E-state index < -0.39 is 17.2 Å². The monoisotopic (exact) mass is 454 g/mol. The van der Waals surface area contributed by atoms with Crippen molar-refractivity contribution < 1.29 is 9.59 Å². The van der Waals surface area contributed by atoms with Gasteiger partial charge in [0.15, 0.2) is 5.69 Å². The van der Waals surface area contributed by atoms with Crippen molar-refractivity contribution in [3.05, 3.63) is 51.2 Å². The number of nitrogens with zero attached hydrogens (tertiary/aromatic N) is 4. The van der Waals surface area contributed by atoms with Crippen LogP contribution in [0.1, 0.15) is 52.4 Å². The maximum Gasteiger partial charge on any atom is 0.330 e. The van der Waals surface area contributed by atoms with E-state index in [0.717, 1.165) is 12.8 Å². The van der Waals surface area contributed by atoms with Crippen LogP contribution in [0.5, 0.6) is 0 Å². The minimum Gasteiger partial charge on any atom is -0.383 e. The van der Waals surface area contributed by atoms with Crippen LogP contribution in [0.3, 0.4) is 0 Å². The van der Waals surface area contributed by atoms with E-state index in [1.807, 2.05) is 19.9 Å². The van der Waals surface area contributed by atoms with Gasteiger partial charge in [0.1, 0.15) is 11.5 Å². The molecule has 33 heavy (non-hydrogen) atoms. The number of nitrogen functional groups attached to an aromatic ring is 1. The molecule has 1 aliphatic heterocycles. The summed E-state index contributed by atoms with van der Waals surface area (Å²) < 4.78 is 1.29. The Hall–Kier alpha value is -3.69. The number of aromatic amines is 1. The highest BCUT2D eigenvalue weighted by molar-refractivity contribution is 6.45. The number of rotatable bonds is 9. The van der Waals surface area contributed by atoms with Gasteiger partial charge < -0.3 is 5.73 Å². The summed E-state index contributed by atoms with van der Waals surface area (Å²) in [5.41, 5.74) is 5.57. The quantitative estimate of drug-likeness (QED) is 0.599. The van der Waals surface area contributed by atoms with E-state index in [9.17, 15) is 19.2 Å². The fraction of sp³-hybridized carbons (Fsp3) is 0.435. The first kappa shape index (κ1) is 24.0. The number of benzene rings is 1. The molecule has 0 bridgehead atoms. The minimum atomic E-state index is -0.720. The van der Waals surface area contributed by atoms with Crippen LogP contribution in [-0.2, 0) is 16.1 Å². The number of nitrogens with two attached hydrogens (primary N) is 1. The molecule has 1 aromatic heterocycles. The summed E-state index contributed by atoms with van der Waals surface area (Å²) in [6.45, 7) is 4.50. The van der Waals surface area contributed by atoms with Gasteiger partial charge >= 0.3 is 5.69 Å². The highest BCUT2D eigenvalue weighted by Gasteiger charge is 2.31. The highest BCUT2D eigenvalue weighted by atomic mass is 16.2. The molecule has 3 rings (SSSR count). The van der Waals surface area contributed by atoms with Gasteiger partial charge in [-0.1, -0.05) is 44.9 Å². The van der Waals surface area contributed by atoms with Gasteiger partial charge in [0.05, 0.1) is 5.69 Å². The van der Waals surface area contributed by atoms with Gasteiger partial charge in [-0.2, -0.15) is 5.10 Å². The third kappa shape index (κ3) is 5.21. The third-order valence-corrected chi connectivity index (χ3v) is 5.48. The van der Waals surface area contributed by atoms with Crippen molar-refractivity contribution in [3.63, 3.8) is 0 Å². The zero-order valence-electron chi connectivity index (χ0n) is 19.0. The number of aromatic nitrogens is 2. The van der Waals surface area contributed by atoms with Gasteiger partial charge in [0, 0.05) is 25.9 Å². The smallest absolute Gasteiger partial charge is 0.330 e. The van der Waals surface area contributed by atoms with Crippen LogP contribution in [-0.4, -0.2) is 33.6 Å². The van der Waals surface area contributed by atoms with E-state index in [4.69, 9.17) is 5.73 Å². The molecule has 2 heterocycles. The number of hydrogen-bond acceptors (Lipinski definition) is 6. The molecule has 1 aromatic carbocycles. The van der Waals surface area contributed by atoms with E-state index in [2.05, 4.69) is 10.1 Å². The van der Waals surface area contributed by atoms with Crippen LogP contribution in [0.4, 0.5) is 17.2 Å². The number of H-pyrrole nitrogens is 1.